The lowest BCUT2D eigenvalue weighted by Crippen LogP contribution is -2.13. The minimum atomic E-state index is -0.611. The minimum absolute atomic E-state index is 0.0201. The lowest BCUT2D eigenvalue weighted by Gasteiger charge is -2.03. The van der Waals surface area contributed by atoms with Crippen LogP contribution < -0.4 is 0 Å². The Hall–Kier alpha value is -1.49. The summed E-state index contributed by atoms with van der Waals surface area (Å²) in [5.41, 5.74) is 0.685. The van der Waals surface area contributed by atoms with E-state index in [1.807, 2.05) is 0 Å². The molecule has 0 saturated carbocycles. The fourth-order valence-electron chi connectivity index (χ4n) is 1.19. The molecule has 90 valence electrons. The van der Waals surface area contributed by atoms with Crippen LogP contribution in [0, 0.1) is 0 Å². The van der Waals surface area contributed by atoms with Crippen molar-refractivity contribution in [3.8, 4) is 0 Å². The number of pyridine rings is 1. The lowest BCUT2D eigenvalue weighted by molar-refractivity contribution is -0.139. The van der Waals surface area contributed by atoms with Crippen LogP contribution in [0.3, 0.4) is 0 Å². The first-order valence-corrected chi connectivity index (χ1v) is 5.84. The predicted molar refractivity (Wildman–Crippen MR) is 67.2 cm³/mol. The number of esters is 1. The third-order valence-corrected chi connectivity index (χ3v) is 2.35. The second-order valence-corrected chi connectivity index (χ2v) is 4.19. The number of hydrogen-bond acceptors (Lipinski definition) is 4. The fourth-order valence-corrected chi connectivity index (χ4v) is 1.57. The molecule has 0 aliphatic carbocycles. The summed E-state index contributed by atoms with van der Waals surface area (Å²) >= 11 is 3.26. The monoisotopic (exact) mass is 297 g/mol. The molecule has 0 aliphatic rings. The summed E-state index contributed by atoms with van der Waals surface area (Å²) in [4.78, 5) is 26.8. The number of nitrogens with zero attached hydrogens (tertiary/aromatic N) is 1. The minimum Gasteiger partial charge on any atom is -0.462 e. The van der Waals surface area contributed by atoms with Crippen LogP contribution >= 0.6 is 15.9 Å². The summed E-state index contributed by atoms with van der Waals surface area (Å²) in [6.45, 7) is 3.25. The van der Waals surface area contributed by atoms with Crippen molar-refractivity contribution in [1.82, 2.24) is 4.98 Å². The number of halogens is 1. The van der Waals surface area contributed by atoms with Crippen LogP contribution in [0.2, 0.25) is 0 Å². The summed E-state index contributed by atoms with van der Waals surface area (Å²) in [6, 6.07) is 1.76. The zero-order valence-electron chi connectivity index (χ0n) is 9.57. The van der Waals surface area contributed by atoms with Gasteiger partial charge in [0.2, 0.25) is 0 Å². The van der Waals surface area contributed by atoms with E-state index in [0.717, 1.165) is 4.47 Å². The number of hydrogen-bond donors (Lipinski definition) is 0. The van der Waals surface area contributed by atoms with Crippen molar-refractivity contribution in [3.63, 3.8) is 0 Å². The van der Waals surface area contributed by atoms with Crippen molar-refractivity contribution >= 4 is 33.8 Å². The van der Waals surface area contributed by atoms with Gasteiger partial charge >= 0.3 is 5.97 Å². The summed E-state index contributed by atoms with van der Waals surface area (Å²) in [6.07, 6.45) is 4.65. The Bertz CT molecular complexity index is 469. The third-order valence-electron chi connectivity index (χ3n) is 1.91. The number of Topliss-reactive ketones (excluding diaryl/α,β-unsaturated/α-hetero) is 1. The number of ether oxygens (including phenoxy) is 1. The lowest BCUT2D eigenvalue weighted by atomic mass is 10.1. The Morgan fingerprint density at radius 3 is 2.71 bits per heavy atom. The van der Waals surface area contributed by atoms with E-state index in [1.165, 1.54) is 13.0 Å². The second-order valence-electron chi connectivity index (χ2n) is 3.27. The van der Waals surface area contributed by atoms with E-state index in [9.17, 15) is 9.59 Å². The van der Waals surface area contributed by atoms with Crippen molar-refractivity contribution in [2.45, 2.75) is 13.8 Å². The van der Waals surface area contributed by atoms with Crippen molar-refractivity contribution < 1.29 is 14.3 Å². The Kier molecular flexibility index (Phi) is 5.03. The van der Waals surface area contributed by atoms with E-state index >= 15 is 0 Å². The van der Waals surface area contributed by atoms with Gasteiger partial charge in [0.15, 0.2) is 5.78 Å². The average molecular weight is 298 g/mol. The highest BCUT2D eigenvalue weighted by atomic mass is 79.9. The number of ketones is 1. The highest BCUT2D eigenvalue weighted by molar-refractivity contribution is 9.10. The van der Waals surface area contributed by atoms with Crippen LogP contribution in [-0.4, -0.2) is 23.3 Å². The molecule has 0 N–H and O–H groups in total. The molecule has 1 rings (SSSR count). The molecule has 4 nitrogen and oxygen atoms in total. The maximum atomic E-state index is 11.5. The average Bonchev–Trinajstić information content (AvgIpc) is 2.26. The molecule has 0 aromatic carbocycles. The first kappa shape index (κ1) is 13.6. The Morgan fingerprint density at radius 1 is 1.47 bits per heavy atom. The predicted octanol–water partition coefficient (Wildman–Crippen LogP) is 2.38. The van der Waals surface area contributed by atoms with Gasteiger partial charge in [-0.3, -0.25) is 9.78 Å². The number of carbonyl (C=O) groups excluding carboxylic acids is 2. The molecule has 0 atom stereocenters. The molecule has 0 amide bonds. The molecule has 0 saturated heterocycles. The van der Waals surface area contributed by atoms with Crippen LogP contribution in [0.15, 0.2) is 28.5 Å². The number of aromatic nitrogens is 1. The molecule has 5 heteroatoms. The number of carbonyl (C=O) groups is 2. The molecule has 0 radical (unpaired) electrons. The fraction of sp³-hybridized carbons (Fsp3) is 0.250. The van der Waals surface area contributed by atoms with E-state index in [2.05, 4.69) is 20.9 Å². The molecule has 1 aromatic rings. The van der Waals surface area contributed by atoms with Crippen LogP contribution in [0.25, 0.3) is 6.08 Å². The van der Waals surface area contributed by atoms with Gasteiger partial charge in [-0.25, -0.2) is 4.79 Å². The molecule has 0 fully saturated rings. The van der Waals surface area contributed by atoms with Crippen LogP contribution in [0.5, 0.6) is 0 Å². The molecular weight excluding hydrogens is 286 g/mol. The van der Waals surface area contributed by atoms with Gasteiger partial charge in [-0.1, -0.05) is 0 Å². The summed E-state index contributed by atoms with van der Waals surface area (Å²) in [5, 5.41) is 0. The molecular formula is C12H12BrNO3. The van der Waals surface area contributed by atoms with Crippen molar-refractivity contribution in [2.75, 3.05) is 6.61 Å². The second kappa shape index (κ2) is 6.30. The van der Waals surface area contributed by atoms with Crippen molar-refractivity contribution in [3.05, 3.63) is 34.1 Å². The molecule has 0 bridgehead atoms. The number of rotatable bonds is 4. The van der Waals surface area contributed by atoms with Crippen molar-refractivity contribution in [1.29, 1.82) is 0 Å². The van der Waals surface area contributed by atoms with Gasteiger partial charge in [0.25, 0.3) is 0 Å². The van der Waals surface area contributed by atoms with Crippen LogP contribution in [0.4, 0.5) is 0 Å². The van der Waals surface area contributed by atoms with E-state index < -0.39 is 5.97 Å². The van der Waals surface area contributed by atoms with Gasteiger partial charge in [-0.05, 0) is 47.5 Å². The first-order valence-electron chi connectivity index (χ1n) is 5.05. The first-order chi connectivity index (χ1) is 8.04. The third kappa shape index (κ3) is 4.11. The summed E-state index contributed by atoms with van der Waals surface area (Å²) in [7, 11) is 0. The van der Waals surface area contributed by atoms with E-state index in [1.54, 1.807) is 25.4 Å². The molecule has 1 aromatic heterocycles. The SMILES string of the molecule is CCOC(=O)C(=Cc1cncc(Br)c1)C(C)=O. The Balaban J connectivity index is 3.06. The van der Waals surface area contributed by atoms with Gasteiger partial charge < -0.3 is 4.74 Å². The zero-order valence-corrected chi connectivity index (χ0v) is 11.2. The molecule has 0 unspecified atom stereocenters. The maximum absolute atomic E-state index is 11.5. The standard InChI is InChI=1S/C12H12BrNO3/c1-3-17-12(16)11(8(2)15)5-9-4-10(13)7-14-6-9/h4-7H,3H2,1-2H3. The Morgan fingerprint density at radius 2 is 2.18 bits per heavy atom. The van der Waals surface area contributed by atoms with Gasteiger partial charge in [0.1, 0.15) is 5.57 Å². The van der Waals surface area contributed by atoms with Crippen molar-refractivity contribution in [2.24, 2.45) is 0 Å². The van der Waals surface area contributed by atoms with E-state index in [4.69, 9.17) is 4.74 Å². The van der Waals surface area contributed by atoms with E-state index in [0.29, 0.717) is 5.56 Å². The summed E-state index contributed by atoms with van der Waals surface area (Å²) < 4.78 is 5.58. The largest absolute Gasteiger partial charge is 0.462 e. The highest BCUT2D eigenvalue weighted by Crippen LogP contribution is 2.14. The molecule has 0 aliphatic heterocycles. The molecule has 17 heavy (non-hydrogen) atoms. The summed E-state index contributed by atoms with van der Waals surface area (Å²) in [5.74, 6) is -0.941. The highest BCUT2D eigenvalue weighted by Gasteiger charge is 2.15. The Labute approximate surface area is 108 Å². The molecule has 1 heterocycles. The topological polar surface area (TPSA) is 56.3 Å². The quantitative estimate of drug-likeness (QED) is 0.371. The van der Waals surface area contributed by atoms with Crippen LogP contribution in [-0.2, 0) is 14.3 Å². The van der Waals surface area contributed by atoms with Gasteiger partial charge in [-0.2, -0.15) is 0 Å². The van der Waals surface area contributed by atoms with Crippen LogP contribution in [0.1, 0.15) is 19.4 Å². The zero-order chi connectivity index (χ0) is 12.8. The van der Waals surface area contributed by atoms with Gasteiger partial charge in [0, 0.05) is 16.9 Å². The maximum Gasteiger partial charge on any atom is 0.341 e. The smallest absolute Gasteiger partial charge is 0.341 e. The van der Waals surface area contributed by atoms with E-state index in [-0.39, 0.29) is 18.0 Å². The molecule has 0 spiro atoms. The van der Waals surface area contributed by atoms with Gasteiger partial charge in [0.05, 0.1) is 6.61 Å². The normalized spacial score (nSPS) is 11.1. The van der Waals surface area contributed by atoms with Gasteiger partial charge in [-0.15, -0.1) is 0 Å².